The SMILES string of the molecule is O=C(Cl)N1CCN(C2CC2)CC1. The highest BCUT2D eigenvalue weighted by Gasteiger charge is 2.31. The minimum atomic E-state index is -0.301. The molecule has 0 radical (unpaired) electrons. The summed E-state index contributed by atoms with van der Waals surface area (Å²) in [4.78, 5) is 14.9. The molecule has 0 bridgehead atoms. The van der Waals surface area contributed by atoms with Gasteiger partial charge in [0.1, 0.15) is 0 Å². The van der Waals surface area contributed by atoms with Crippen LogP contribution in [0.5, 0.6) is 0 Å². The van der Waals surface area contributed by atoms with Crippen molar-refractivity contribution in [2.75, 3.05) is 26.2 Å². The van der Waals surface area contributed by atoms with E-state index in [4.69, 9.17) is 11.6 Å². The highest BCUT2D eigenvalue weighted by atomic mass is 35.5. The van der Waals surface area contributed by atoms with Gasteiger partial charge in [0.05, 0.1) is 0 Å². The molecule has 0 spiro atoms. The lowest BCUT2D eigenvalue weighted by Gasteiger charge is -2.33. The first-order chi connectivity index (χ1) is 5.77. The number of piperazine rings is 1. The number of halogens is 1. The Morgan fingerprint density at radius 1 is 1.17 bits per heavy atom. The van der Waals surface area contributed by atoms with E-state index in [0.29, 0.717) is 0 Å². The van der Waals surface area contributed by atoms with Crippen LogP contribution in [0.25, 0.3) is 0 Å². The first-order valence-electron chi connectivity index (χ1n) is 4.46. The van der Waals surface area contributed by atoms with E-state index in [1.165, 1.54) is 12.8 Å². The normalized spacial score (nSPS) is 25.9. The van der Waals surface area contributed by atoms with Crippen molar-refractivity contribution in [2.45, 2.75) is 18.9 Å². The molecule has 0 aromatic heterocycles. The summed E-state index contributed by atoms with van der Waals surface area (Å²) in [5, 5.41) is -0.301. The minimum absolute atomic E-state index is 0.301. The fourth-order valence-corrected chi connectivity index (χ4v) is 1.87. The molecule has 1 saturated heterocycles. The highest BCUT2D eigenvalue weighted by molar-refractivity contribution is 6.62. The van der Waals surface area contributed by atoms with Gasteiger partial charge in [0.2, 0.25) is 0 Å². The number of carbonyl (C=O) groups is 1. The summed E-state index contributed by atoms with van der Waals surface area (Å²) in [5.74, 6) is 0. The second kappa shape index (κ2) is 3.23. The second-order valence-electron chi connectivity index (χ2n) is 3.51. The van der Waals surface area contributed by atoms with Crippen LogP contribution in [-0.4, -0.2) is 47.4 Å². The second-order valence-corrected chi connectivity index (χ2v) is 3.83. The van der Waals surface area contributed by atoms with E-state index in [1.54, 1.807) is 4.90 Å². The third kappa shape index (κ3) is 1.72. The Kier molecular flexibility index (Phi) is 2.24. The van der Waals surface area contributed by atoms with E-state index in [-0.39, 0.29) is 5.37 Å². The van der Waals surface area contributed by atoms with Gasteiger partial charge < -0.3 is 4.90 Å². The third-order valence-corrected chi connectivity index (χ3v) is 2.87. The summed E-state index contributed by atoms with van der Waals surface area (Å²) in [6.45, 7) is 3.62. The Morgan fingerprint density at radius 2 is 1.75 bits per heavy atom. The Bertz CT molecular complexity index is 185. The van der Waals surface area contributed by atoms with Crippen LogP contribution in [0.15, 0.2) is 0 Å². The Labute approximate surface area is 77.3 Å². The van der Waals surface area contributed by atoms with Crippen LogP contribution in [0.1, 0.15) is 12.8 Å². The fourth-order valence-electron chi connectivity index (χ4n) is 1.70. The van der Waals surface area contributed by atoms with Crippen molar-refractivity contribution in [3.05, 3.63) is 0 Å². The van der Waals surface area contributed by atoms with Gasteiger partial charge >= 0.3 is 5.37 Å². The molecule has 0 aromatic carbocycles. The van der Waals surface area contributed by atoms with E-state index in [2.05, 4.69) is 4.90 Å². The lowest BCUT2D eigenvalue weighted by Crippen LogP contribution is -2.47. The van der Waals surface area contributed by atoms with E-state index in [1.807, 2.05) is 0 Å². The number of carbonyl (C=O) groups excluding carboxylic acids is 1. The molecule has 3 nitrogen and oxygen atoms in total. The first-order valence-corrected chi connectivity index (χ1v) is 4.83. The van der Waals surface area contributed by atoms with Crippen molar-refractivity contribution < 1.29 is 4.79 Å². The quantitative estimate of drug-likeness (QED) is 0.455. The third-order valence-electron chi connectivity index (χ3n) is 2.63. The molecular formula is C8H13ClN2O. The van der Waals surface area contributed by atoms with Gasteiger partial charge in [-0.2, -0.15) is 0 Å². The Hall–Kier alpha value is -0.280. The zero-order valence-electron chi connectivity index (χ0n) is 7.00. The van der Waals surface area contributed by atoms with Gasteiger partial charge in [-0.05, 0) is 24.4 Å². The Morgan fingerprint density at radius 3 is 2.17 bits per heavy atom. The van der Waals surface area contributed by atoms with Gasteiger partial charge in [-0.25, -0.2) is 0 Å². The van der Waals surface area contributed by atoms with Gasteiger partial charge in [-0.1, -0.05) is 0 Å². The molecule has 2 rings (SSSR count). The maximum absolute atomic E-state index is 10.8. The van der Waals surface area contributed by atoms with Crippen molar-refractivity contribution in [3.8, 4) is 0 Å². The predicted molar refractivity (Wildman–Crippen MR) is 47.4 cm³/mol. The topological polar surface area (TPSA) is 23.6 Å². The van der Waals surface area contributed by atoms with Gasteiger partial charge in [-0.3, -0.25) is 9.69 Å². The highest BCUT2D eigenvalue weighted by Crippen LogP contribution is 2.27. The van der Waals surface area contributed by atoms with Crippen LogP contribution < -0.4 is 0 Å². The molecule has 0 unspecified atom stereocenters. The lowest BCUT2D eigenvalue weighted by atomic mass is 10.3. The van der Waals surface area contributed by atoms with Crippen LogP contribution in [-0.2, 0) is 0 Å². The van der Waals surface area contributed by atoms with Crippen LogP contribution in [0.2, 0.25) is 0 Å². The molecule has 1 saturated carbocycles. The molecule has 0 aromatic rings. The molecule has 0 N–H and O–H groups in total. The van der Waals surface area contributed by atoms with Crippen molar-refractivity contribution >= 4 is 17.0 Å². The molecular weight excluding hydrogens is 176 g/mol. The van der Waals surface area contributed by atoms with E-state index in [9.17, 15) is 4.79 Å². The Balaban J connectivity index is 1.80. The summed E-state index contributed by atoms with van der Waals surface area (Å²) in [6.07, 6.45) is 2.68. The van der Waals surface area contributed by atoms with Crippen molar-refractivity contribution in [1.82, 2.24) is 9.80 Å². The number of nitrogens with zero attached hydrogens (tertiary/aromatic N) is 2. The standard InChI is InChI=1S/C8H13ClN2O/c9-8(12)11-5-3-10(4-6-11)7-1-2-7/h7H,1-6H2. The maximum Gasteiger partial charge on any atom is 0.316 e. The molecule has 1 heterocycles. The minimum Gasteiger partial charge on any atom is -0.327 e. The largest absolute Gasteiger partial charge is 0.327 e. The van der Waals surface area contributed by atoms with E-state index >= 15 is 0 Å². The fraction of sp³-hybridized carbons (Fsp3) is 0.875. The van der Waals surface area contributed by atoms with Crippen molar-refractivity contribution in [3.63, 3.8) is 0 Å². The van der Waals surface area contributed by atoms with Crippen LogP contribution in [0.4, 0.5) is 4.79 Å². The van der Waals surface area contributed by atoms with Crippen LogP contribution >= 0.6 is 11.6 Å². The summed E-state index contributed by atoms with van der Waals surface area (Å²) >= 11 is 5.37. The monoisotopic (exact) mass is 188 g/mol. The summed E-state index contributed by atoms with van der Waals surface area (Å²) in [6, 6.07) is 0.817. The number of hydrogen-bond acceptors (Lipinski definition) is 2. The first kappa shape index (κ1) is 8.32. The average Bonchev–Trinajstić information content (AvgIpc) is 2.87. The summed E-state index contributed by atoms with van der Waals surface area (Å²) < 4.78 is 0. The van der Waals surface area contributed by atoms with Crippen LogP contribution in [0, 0.1) is 0 Å². The van der Waals surface area contributed by atoms with Gasteiger partial charge in [0.15, 0.2) is 0 Å². The molecule has 2 aliphatic rings. The zero-order chi connectivity index (χ0) is 8.55. The molecule has 1 aliphatic carbocycles. The van der Waals surface area contributed by atoms with Crippen molar-refractivity contribution in [2.24, 2.45) is 0 Å². The van der Waals surface area contributed by atoms with Crippen LogP contribution in [0.3, 0.4) is 0 Å². The van der Waals surface area contributed by atoms with Gasteiger partial charge in [0.25, 0.3) is 0 Å². The number of hydrogen-bond donors (Lipinski definition) is 0. The maximum atomic E-state index is 10.8. The molecule has 2 fully saturated rings. The summed E-state index contributed by atoms with van der Waals surface area (Å²) in [7, 11) is 0. The zero-order valence-corrected chi connectivity index (χ0v) is 7.76. The average molecular weight is 189 g/mol. The molecule has 4 heteroatoms. The van der Waals surface area contributed by atoms with Gasteiger partial charge in [0, 0.05) is 32.2 Å². The molecule has 68 valence electrons. The molecule has 0 atom stereocenters. The van der Waals surface area contributed by atoms with E-state index in [0.717, 1.165) is 32.2 Å². The van der Waals surface area contributed by atoms with E-state index < -0.39 is 0 Å². The van der Waals surface area contributed by atoms with Crippen molar-refractivity contribution in [1.29, 1.82) is 0 Å². The molecule has 12 heavy (non-hydrogen) atoms. The summed E-state index contributed by atoms with van der Waals surface area (Å²) in [5.41, 5.74) is 0. The smallest absolute Gasteiger partial charge is 0.316 e. The molecule has 1 aliphatic heterocycles. The lowest BCUT2D eigenvalue weighted by molar-refractivity contribution is 0.148. The number of rotatable bonds is 1. The molecule has 1 amide bonds. The van der Waals surface area contributed by atoms with Gasteiger partial charge in [-0.15, -0.1) is 0 Å². The predicted octanol–water partition coefficient (Wildman–Crippen LogP) is 1.13. The number of amides is 1.